The van der Waals surface area contributed by atoms with E-state index in [-0.39, 0.29) is 5.97 Å². The van der Waals surface area contributed by atoms with E-state index in [1.807, 2.05) is 0 Å². The van der Waals surface area contributed by atoms with Crippen molar-refractivity contribution in [3.8, 4) is 0 Å². The summed E-state index contributed by atoms with van der Waals surface area (Å²) >= 11 is 1.75. The highest BCUT2D eigenvalue weighted by molar-refractivity contribution is 8.00. The maximum atomic E-state index is 11.1. The number of ether oxygens (including phenoxy) is 1. The maximum absolute atomic E-state index is 11.1. The van der Waals surface area contributed by atoms with Crippen molar-refractivity contribution >= 4 is 17.7 Å². The summed E-state index contributed by atoms with van der Waals surface area (Å²) in [6.07, 6.45) is 3.63. The standard InChI is InChI=1S/C13H22O2S/c1-9(2)11-6-5-10(3)12(7-11)16-8-13(14)15-4/h10,12H,5-8H2,1-4H3. The minimum Gasteiger partial charge on any atom is -0.468 e. The highest BCUT2D eigenvalue weighted by Gasteiger charge is 2.25. The first-order chi connectivity index (χ1) is 7.54. The number of rotatable bonds is 3. The number of hydrogen-bond donors (Lipinski definition) is 0. The Morgan fingerprint density at radius 1 is 1.50 bits per heavy atom. The lowest BCUT2D eigenvalue weighted by Gasteiger charge is -2.30. The topological polar surface area (TPSA) is 26.3 Å². The summed E-state index contributed by atoms with van der Waals surface area (Å²) in [4.78, 5) is 11.1. The van der Waals surface area contributed by atoms with Crippen LogP contribution in [0, 0.1) is 5.92 Å². The van der Waals surface area contributed by atoms with Gasteiger partial charge in [-0.05, 0) is 39.0 Å². The number of esters is 1. The molecule has 0 aromatic heterocycles. The molecule has 1 aliphatic rings. The zero-order valence-electron chi connectivity index (χ0n) is 10.7. The lowest BCUT2D eigenvalue weighted by Crippen LogP contribution is -2.23. The van der Waals surface area contributed by atoms with Crippen molar-refractivity contribution in [2.45, 2.75) is 45.3 Å². The van der Waals surface area contributed by atoms with Crippen LogP contribution in [0.5, 0.6) is 0 Å². The van der Waals surface area contributed by atoms with Gasteiger partial charge < -0.3 is 4.74 Å². The van der Waals surface area contributed by atoms with Crippen LogP contribution in [0.2, 0.25) is 0 Å². The average Bonchev–Trinajstić information content (AvgIpc) is 2.27. The molecule has 1 rings (SSSR count). The van der Waals surface area contributed by atoms with Crippen LogP contribution in [0.3, 0.4) is 0 Å². The molecule has 0 aromatic rings. The third kappa shape index (κ3) is 3.85. The number of carbonyl (C=O) groups is 1. The van der Waals surface area contributed by atoms with Crippen LogP contribution >= 0.6 is 11.8 Å². The highest BCUT2D eigenvalue weighted by atomic mass is 32.2. The molecule has 0 bridgehead atoms. The smallest absolute Gasteiger partial charge is 0.315 e. The predicted molar refractivity (Wildman–Crippen MR) is 69.7 cm³/mol. The zero-order valence-corrected chi connectivity index (χ0v) is 11.5. The van der Waals surface area contributed by atoms with Crippen molar-refractivity contribution in [3.05, 3.63) is 11.1 Å². The van der Waals surface area contributed by atoms with Crippen molar-refractivity contribution in [2.75, 3.05) is 12.9 Å². The van der Waals surface area contributed by atoms with Crippen LogP contribution in [0.25, 0.3) is 0 Å². The molecular weight excluding hydrogens is 220 g/mol. The Bertz CT molecular complexity index is 280. The number of methoxy groups -OCH3 is 1. The molecule has 1 aliphatic carbocycles. The molecule has 0 heterocycles. The SMILES string of the molecule is COC(=O)CSC1CC(=C(C)C)CCC1C. The second-order valence-electron chi connectivity index (χ2n) is 4.75. The van der Waals surface area contributed by atoms with Gasteiger partial charge in [-0.3, -0.25) is 4.79 Å². The van der Waals surface area contributed by atoms with E-state index in [0.717, 1.165) is 6.42 Å². The summed E-state index contributed by atoms with van der Waals surface area (Å²) in [5.74, 6) is 1.08. The van der Waals surface area contributed by atoms with Gasteiger partial charge >= 0.3 is 5.97 Å². The molecule has 2 unspecified atom stereocenters. The van der Waals surface area contributed by atoms with Crippen LogP contribution in [0.4, 0.5) is 0 Å². The normalized spacial score (nSPS) is 25.4. The van der Waals surface area contributed by atoms with E-state index in [1.165, 1.54) is 25.5 Å². The fourth-order valence-electron chi connectivity index (χ4n) is 2.05. The van der Waals surface area contributed by atoms with Gasteiger partial charge in [0.1, 0.15) is 0 Å². The van der Waals surface area contributed by atoms with Gasteiger partial charge in [0.15, 0.2) is 0 Å². The van der Waals surface area contributed by atoms with Crippen molar-refractivity contribution in [3.63, 3.8) is 0 Å². The number of carbonyl (C=O) groups excluding carboxylic acids is 1. The van der Waals surface area contributed by atoms with Gasteiger partial charge in [0.25, 0.3) is 0 Å². The van der Waals surface area contributed by atoms with E-state index in [4.69, 9.17) is 0 Å². The van der Waals surface area contributed by atoms with Crippen molar-refractivity contribution < 1.29 is 9.53 Å². The molecular formula is C13H22O2S. The first-order valence-electron chi connectivity index (χ1n) is 5.88. The van der Waals surface area contributed by atoms with E-state index >= 15 is 0 Å². The van der Waals surface area contributed by atoms with E-state index in [1.54, 1.807) is 17.3 Å². The molecule has 0 aliphatic heterocycles. The molecule has 1 fully saturated rings. The molecule has 2 nitrogen and oxygen atoms in total. The van der Waals surface area contributed by atoms with E-state index in [0.29, 0.717) is 16.9 Å². The summed E-state index contributed by atoms with van der Waals surface area (Å²) in [6.45, 7) is 6.66. The maximum Gasteiger partial charge on any atom is 0.315 e. The molecule has 2 atom stereocenters. The molecule has 16 heavy (non-hydrogen) atoms. The summed E-state index contributed by atoms with van der Waals surface area (Å²) < 4.78 is 4.68. The van der Waals surface area contributed by atoms with Crippen molar-refractivity contribution in [2.24, 2.45) is 5.92 Å². The van der Waals surface area contributed by atoms with Gasteiger partial charge in [-0.1, -0.05) is 18.1 Å². The first-order valence-corrected chi connectivity index (χ1v) is 6.93. The molecule has 0 radical (unpaired) electrons. The van der Waals surface area contributed by atoms with Gasteiger partial charge in [-0.25, -0.2) is 0 Å². The van der Waals surface area contributed by atoms with Crippen LogP contribution in [-0.4, -0.2) is 24.1 Å². The monoisotopic (exact) mass is 242 g/mol. The molecule has 0 amide bonds. The summed E-state index contributed by atoms with van der Waals surface area (Å²) in [5, 5.41) is 0.581. The minimum absolute atomic E-state index is 0.110. The fourth-order valence-corrected chi connectivity index (χ4v) is 3.30. The zero-order chi connectivity index (χ0) is 12.1. The molecule has 0 N–H and O–H groups in total. The third-order valence-corrected chi connectivity index (χ3v) is 4.80. The number of allylic oxidation sites excluding steroid dienone is 2. The Kier molecular flexibility index (Phi) is 5.39. The lowest BCUT2D eigenvalue weighted by molar-refractivity contribution is -0.137. The summed E-state index contributed by atoms with van der Waals surface area (Å²) in [6, 6.07) is 0. The Morgan fingerprint density at radius 3 is 2.75 bits per heavy atom. The molecule has 0 aromatic carbocycles. The van der Waals surface area contributed by atoms with E-state index < -0.39 is 0 Å². The molecule has 0 saturated heterocycles. The second kappa shape index (κ2) is 6.33. The minimum atomic E-state index is -0.110. The highest BCUT2D eigenvalue weighted by Crippen LogP contribution is 2.37. The average molecular weight is 242 g/mol. The van der Waals surface area contributed by atoms with Crippen molar-refractivity contribution in [1.82, 2.24) is 0 Å². The Balaban J connectivity index is 2.50. The summed E-state index contributed by atoms with van der Waals surface area (Å²) in [7, 11) is 1.45. The quantitative estimate of drug-likeness (QED) is 0.560. The van der Waals surface area contributed by atoms with E-state index in [9.17, 15) is 4.79 Å². The van der Waals surface area contributed by atoms with Gasteiger partial charge in [0, 0.05) is 5.25 Å². The Labute approximate surface area is 103 Å². The van der Waals surface area contributed by atoms with Gasteiger partial charge in [-0.15, -0.1) is 11.8 Å². The van der Waals surface area contributed by atoms with Crippen LogP contribution in [0.1, 0.15) is 40.0 Å². The lowest BCUT2D eigenvalue weighted by atomic mass is 9.85. The Hall–Kier alpha value is -0.440. The van der Waals surface area contributed by atoms with E-state index in [2.05, 4.69) is 25.5 Å². The molecule has 0 spiro atoms. The number of thioether (sulfide) groups is 1. The molecule has 3 heteroatoms. The van der Waals surface area contributed by atoms with Gasteiger partial charge in [0.2, 0.25) is 0 Å². The Morgan fingerprint density at radius 2 is 2.19 bits per heavy atom. The van der Waals surface area contributed by atoms with Crippen LogP contribution < -0.4 is 0 Å². The number of hydrogen-bond acceptors (Lipinski definition) is 3. The summed E-state index contributed by atoms with van der Waals surface area (Å²) in [5.41, 5.74) is 3.04. The van der Waals surface area contributed by atoms with Crippen LogP contribution in [0.15, 0.2) is 11.1 Å². The first kappa shape index (κ1) is 13.6. The third-order valence-electron chi connectivity index (χ3n) is 3.33. The molecule has 92 valence electrons. The van der Waals surface area contributed by atoms with Gasteiger partial charge in [-0.2, -0.15) is 0 Å². The van der Waals surface area contributed by atoms with Crippen LogP contribution in [-0.2, 0) is 9.53 Å². The van der Waals surface area contributed by atoms with Gasteiger partial charge in [0.05, 0.1) is 12.9 Å². The largest absolute Gasteiger partial charge is 0.468 e. The molecule has 1 saturated carbocycles. The predicted octanol–water partition coefficient (Wildman–Crippen LogP) is 3.42. The van der Waals surface area contributed by atoms with Crippen molar-refractivity contribution in [1.29, 1.82) is 0 Å². The second-order valence-corrected chi connectivity index (χ2v) is 5.98. The fraction of sp³-hybridized carbons (Fsp3) is 0.769.